The van der Waals surface area contributed by atoms with Gasteiger partial charge in [0, 0.05) is 26.7 Å². The van der Waals surface area contributed by atoms with E-state index in [1.807, 2.05) is 20.9 Å². The van der Waals surface area contributed by atoms with Crippen LogP contribution in [0.1, 0.15) is 33.1 Å². The molecule has 0 spiro atoms. The summed E-state index contributed by atoms with van der Waals surface area (Å²) in [5, 5.41) is 6.20. The Balaban J connectivity index is 1.99. The maximum absolute atomic E-state index is 5.51. The van der Waals surface area contributed by atoms with Crippen LogP contribution >= 0.6 is 0 Å². The SMILES string of the molecule is CNc1nc(NCCOC(C)C)nc(N2CCCCC2)n1. The summed E-state index contributed by atoms with van der Waals surface area (Å²) in [6.07, 6.45) is 3.93. The smallest absolute Gasteiger partial charge is 0.231 e. The molecule has 0 atom stereocenters. The molecule has 1 aliphatic rings. The van der Waals surface area contributed by atoms with E-state index in [1.54, 1.807) is 0 Å². The largest absolute Gasteiger partial charge is 0.377 e. The number of nitrogens with zero attached hydrogens (tertiary/aromatic N) is 4. The van der Waals surface area contributed by atoms with Crippen LogP contribution in [0, 0.1) is 0 Å². The molecule has 1 aliphatic heterocycles. The van der Waals surface area contributed by atoms with Gasteiger partial charge in [0.25, 0.3) is 0 Å². The summed E-state index contributed by atoms with van der Waals surface area (Å²) in [5.74, 6) is 1.95. The van der Waals surface area contributed by atoms with Gasteiger partial charge in [-0.3, -0.25) is 0 Å². The van der Waals surface area contributed by atoms with Gasteiger partial charge in [-0.05, 0) is 33.1 Å². The fraction of sp³-hybridized carbons (Fsp3) is 0.786. The van der Waals surface area contributed by atoms with Gasteiger partial charge in [-0.25, -0.2) is 0 Å². The van der Waals surface area contributed by atoms with Crippen molar-refractivity contribution in [1.29, 1.82) is 0 Å². The van der Waals surface area contributed by atoms with Crippen LogP contribution in [0.25, 0.3) is 0 Å². The van der Waals surface area contributed by atoms with E-state index in [0.717, 1.165) is 19.0 Å². The van der Waals surface area contributed by atoms with Crippen LogP contribution in [-0.4, -0.2) is 54.3 Å². The quantitative estimate of drug-likeness (QED) is 0.742. The highest BCUT2D eigenvalue weighted by molar-refractivity contribution is 5.43. The van der Waals surface area contributed by atoms with Crippen molar-refractivity contribution in [2.75, 3.05) is 48.8 Å². The lowest BCUT2D eigenvalue weighted by Gasteiger charge is -2.26. The molecular weight excluding hydrogens is 268 g/mol. The third kappa shape index (κ3) is 5.00. The standard InChI is InChI=1S/C14H26N6O/c1-11(2)21-10-7-16-13-17-12(15-3)18-14(19-13)20-8-5-4-6-9-20/h11H,4-10H2,1-3H3,(H2,15,16,17,18,19). The van der Waals surface area contributed by atoms with Crippen LogP contribution in [0.4, 0.5) is 17.8 Å². The molecule has 1 aromatic heterocycles. The van der Waals surface area contributed by atoms with Gasteiger partial charge in [0.15, 0.2) is 0 Å². The van der Waals surface area contributed by atoms with E-state index in [2.05, 4.69) is 30.5 Å². The van der Waals surface area contributed by atoms with Gasteiger partial charge in [-0.1, -0.05) is 0 Å². The first-order chi connectivity index (χ1) is 10.2. The van der Waals surface area contributed by atoms with Crippen LogP contribution in [0.15, 0.2) is 0 Å². The first kappa shape index (κ1) is 15.8. The Kier molecular flexibility index (Phi) is 5.98. The number of anilines is 3. The molecule has 2 N–H and O–H groups in total. The molecule has 2 heterocycles. The lowest BCUT2D eigenvalue weighted by Crippen LogP contribution is -2.31. The Morgan fingerprint density at radius 1 is 1.10 bits per heavy atom. The topological polar surface area (TPSA) is 75.2 Å². The molecule has 0 unspecified atom stereocenters. The fourth-order valence-electron chi connectivity index (χ4n) is 2.25. The van der Waals surface area contributed by atoms with Crippen molar-refractivity contribution >= 4 is 17.8 Å². The molecule has 21 heavy (non-hydrogen) atoms. The molecule has 0 bridgehead atoms. The van der Waals surface area contributed by atoms with Gasteiger partial charge in [0.05, 0.1) is 12.7 Å². The van der Waals surface area contributed by atoms with Crippen molar-refractivity contribution in [3.63, 3.8) is 0 Å². The summed E-state index contributed by atoms with van der Waals surface area (Å²) < 4.78 is 5.51. The molecule has 0 amide bonds. The van der Waals surface area contributed by atoms with E-state index in [1.165, 1.54) is 19.3 Å². The second-order valence-electron chi connectivity index (χ2n) is 5.43. The summed E-state index contributed by atoms with van der Waals surface area (Å²) in [7, 11) is 1.82. The minimum atomic E-state index is 0.238. The van der Waals surface area contributed by atoms with Crippen LogP contribution in [0.2, 0.25) is 0 Å². The highest BCUT2D eigenvalue weighted by Crippen LogP contribution is 2.18. The normalized spacial score (nSPS) is 15.3. The lowest BCUT2D eigenvalue weighted by atomic mass is 10.1. The zero-order valence-corrected chi connectivity index (χ0v) is 13.2. The van der Waals surface area contributed by atoms with E-state index in [-0.39, 0.29) is 6.10 Å². The van der Waals surface area contributed by atoms with E-state index < -0.39 is 0 Å². The van der Waals surface area contributed by atoms with Gasteiger partial charge in [0.1, 0.15) is 0 Å². The lowest BCUT2D eigenvalue weighted by molar-refractivity contribution is 0.0870. The van der Waals surface area contributed by atoms with E-state index in [9.17, 15) is 0 Å². The summed E-state index contributed by atoms with van der Waals surface area (Å²) >= 11 is 0. The first-order valence-electron chi connectivity index (χ1n) is 7.73. The van der Waals surface area contributed by atoms with Crippen LogP contribution in [0.3, 0.4) is 0 Å². The van der Waals surface area contributed by atoms with Crippen molar-refractivity contribution in [3.05, 3.63) is 0 Å². The summed E-state index contributed by atoms with van der Waals surface area (Å²) in [5.41, 5.74) is 0. The molecule has 7 heteroatoms. The molecule has 0 aromatic carbocycles. The highest BCUT2D eigenvalue weighted by Gasteiger charge is 2.15. The Labute approximate surface area is 126 Å². The summed E-state index contributed by atoms with van der Waals surface area (Å²) in [6.45, 7) is 7.40. The number of ether oxygens (including phenoxy) is 1. The van der Waals surface area contributed by atoms with Crippen molar-refractivity contribution < 1.29 is 4.74 Å². The van der Waals surface area contributed by atoms with Gasteiger partial charge < -0.3 is 20.3 Å². The molecule has 7 nitrogen and oxygen atoms in total. The van der Waals surface area contributed by atoms with Crippen molar-refractivity contribution in [2.24, 2.45) is 0 Å². The molecule has 0 saturated carbocycles. The first-order valence-corrected chi connectivity index (χ1v) is 7.73. The molecule has 2 rings (SSSR count). The van der Waals surface area contributed by atoms with E-state index >= 15 is 0 Å². The van der Waals surface area contributed by atoms with Crippen molar-refractivity contribution in [2.45, 2.75) is 39.2 Å². The van der Waals surface area contributed by atoms with Gasteiger partial charge >= 0.3 is 0 Å². The second-order valence-corrected chi connectivity index (χ2v) is 5.43. The predicted molar refractivity (Wildman–Crippen MR) is 85.0 cm³/mol. The number of hydrogen-bond acceptors (Lipinski definition) is 7. The van der Waals surface area contributed by atoms with Gasteiger partial charge in [-0.15, -0.1) is 0 Å². The predicted octanol–water partition coefficient (Wildman–Crippen LogP) is 1.74. The number of piperidine rings is 1. The molecule has 1 saturated heterocycles. The highest BCUT2D eigenvalue weighted by atomic mass is 16.5. The fourth-order valence-corrected chi connectivity index (χ4v) is 2.25. The molecule has 1 aromatic rings. The Morgan fingerprint density at radius 2 is 1.81 bits per heavy atom. The van der Waals surface area contributed by atoms with E-state index in [4.69, 9.17) is 4.74 Å². The van der Waals surface area contributed by atoms with E-state index in [0.29, 0.717) is 25.0 Å². The van der Waals surface area contributed by atoms with Crippen molar-refractivity contribution in [3.8, 4) is 0 Å². The Morgan fingerprint density at radius 3 is 2.48 bits per heavy atom. The average molecular weight is 294 g/mol. The summed E-state index contributed by atoms with van der Waals surface area (Å²) in [6, 6.07) is 0. The summed E-state index contributed by atoms with van der Waals surface area (Å²) in [4.78, 5) is 15.5. The maximum Gasteiger partial charge on any atom is 0.231 e. The zero-order valence-electron chi connectivity index (χ0n) is 13.2. The third-order valence-electron chi connectivity index (χ3n) is 3.32. The Hall–Kier alpha value is -1.63. The van der Waals surface area contributed by atoms with Crippen LogP contribution in [0.5, 0.6) is 0 Å². The number of aromatic nitrogens is 3. The van der Waals surface area contributed by atoms with Gasteiger partial charge in [-0.2, -0.15) is 15.0 Å². The molecule has 0 radical (unpaired) electrons. The monoisotopic (exact) mass is 294 g/mol. The van der Waals surface area contributed by atoms with Crippen molar-refractivity contribution in [1.82, 2.24) is 15.0 Å². The second kappa shape index (κ2) is 7.97. The number of rotatable bonds is 7. The Bertz CT molecular complexity index is 433. The van der Waals surface area contributed by atoms with Crippen LogP contribution < -0.4 is 15.5 Å². The molecule has 0 aliphatic carbocycles. The minimum absolute atomic E-state index is 0.238. The molecular formula is C14H26N6O. The average Bonchev–Trinajstić information content (AvgIpc) is 2.52. The number of hydrogen-bond donors (Lipinski definition) is 2. The molecule has 1 fully saturated rings. The minimum Gasteiger partial charge on any atom is -0.377 e. The number of nitrogens with one attached hydrogen (secondary N) is 2. The molecule has 118 valence electrons. The maximum atomic E-state index is 5.51. The van der Waals surface area contributed by atoms with Crippen LogP contribution in [-0.2, 0) is 4.74 Å². The van der Waals surface area contributed by atoms with Gasteiger partial charge in [0.2, 0.25) is 17.8 Å². The zero-order chi connectivity index (χ0) is 15.1. The third-order valence-corrected chi connectivity index (χ3v) is 3.32.